The van der Waals surface area contributed by atoms with E-state index in [0.717, 1.165) is 17.8 Å². The van der Waals surface area contributed by atoms with Crippen molar-refractivity contribution in [3.05, 3.63) is 53.6 Å². The lowest BCUT2D eigenvalue weighted by Crippen LogP contribution is -2.39. The number of rotatable bonds is 3. The van der Waals surface area contributed by atoms with Crippen molar-refractivity contribution in [1.29, 1.82) is 0 Å². The van der Waals surface area contributed by atoms with E-state index < -0.39 is 6.09 Å². The van der Waals surface area contributed by atoms with Crippen molar-refractivity contribution in [2.75, 3.05) is 11.7 Å². The standard InChI is InChI=1S/C19H20N2O4/c1-12-7-16(25-19(20)22)14-8-17-18(24-11-23-17)9-15(14)21(12)10-13-5-3-2-4-6-13/h2-6,8-9,12,16H,7,10-11H2,1H3,(H2,20,22). The quantitative estimate of drug-likeness (QED) is 0.927. The fourth-order valence-electron chi connectivity index (χ4n) is 3.53. The van der Waals surface area contributed by atoms with Crippen LogP contribution in [0.2, 0.25) is 0 Å². The van der Waals surface area contributed by atoms with Crippen LogP contribution in [0.15, 0.2) is 42.5 Å². The molecule has 0 aliphatic carbocycles. The van der Waals surface area contributed by atoms with Gasteiger partial charge in [-0.25, -0.2) is 4.79 Å². The summed E-state index contributed by atoms with van der Waals surface area (Å²) < 4.78 is 16.4. The first kappa shape index (κ1) is 15.6. The Balaban J connectivity index is 1.75. The van der Waals surface area contributed by atoms with Gasteiger partial charge in [-0.2, -0.15) is 0 Å². The Bertz CT molecular complexity index is 794. The van der Waals surface area contributed by atoms with Crippen molar-refractivity contribution in [2.24, 2.45) is 5.73 Å². The third-order valence-corrected chi connectivity index (χ3v) is 4.72. The van der Waals surface area contributed by atoms with Gasteiger partial charge in [-0.3, -0.25) is 0 Å². The molecule has 2 aliphatic heterocycles. The number of primary amides is 1. The number of amides is 1. The van der Waals surface area contributed by atoms with Crippen molar-refractivity contribution in [1.82, 2.24) is 0 Å². The van der Waals surface area contributed by atoms with Crippen molar-refractivity contribution < 1.29 is 19.0 Å². The molecule has 0 saturated carbocycles. The highest BCUT2D eigenvalue weighted by atomic mass is 16.7. The molecule has 0 bridgehead atoms. The second kappa shape index (κ2) is 6.20. The maximum Gasteiger partial charge on any atom is 0.405 e. The van der Waals surface area contributed by atoms with Crippen molar-refractivity contribution in [3.8, 4) is 11.5 Å². The zero-order chi connectivity index (χ0) is 17.4. The summed E-state index contributed by atoms with van der Waals surface area (Å²) >= 11 is 0. The molecule has 130 valence electrons. The highest BCUT2D eigenvalue weighted by Gasteiger charge is 2.34. The Morgan fingerprint density at radius 3 is 2.68 bits per heavy atom. The number of carbonyl (C=O) groups is 1. The minimum Gasteiger partial charge on any atom is -0.454 e. The molecule has 2 aliphatic rings. The van der Waals surface area contributed by atoms with Gasteiger partial charge in [-0.15, -0.1) is 0 Å². The molecular weight excluding hydrogens is 320 g/mol. The zero-order valence-corrected chi connectivity index (χ0v) is 14.0. The maximum atomic E-state index is 11.3. The molecular formula is C19H20N2O4. The van der Waals surface area contributed by atoms with E-state index in [1.807, 2.05) is 30.3 Å². The van der Waals surface area contributed by atoms with E-state index >= 15 is 0 Å². The van der Waals surface area contributed by atoms with Crippen molar-refractivity contribution in [3.63, 3.8) is 0 Å². The first-order valence-electron chi connectivity index (χ1n) is 8.32. The van der Waals surface area contributed by atoms with Crippen molar-refractivity contribution >= 4 is 11.8 Å². The van der Waals surface area contributed by atoms with Gasteiger partial charge in [-0.05, 0) is 18.6 Å². The van der Waals surface area contributed by atoms with Crippen LogP contribution in [0.1, 0.15) is 30.6 Å². The van der Waals surface area contributed by atoms with Crippen LogP contribution in [0.25, 0.3) is 0 Å². The van der Waals surface area contributed by atoms with Crippen LogP contribution >= 0.6 is 0 Å². The van der Waals surface area contributed by atoms with E-state index in [1.165, 1.54) is 5.56 Å². The summed E-state index contributed by atoms with van der Waals surface area (Å²) in [5, 5.41) is 0. The Labute approximate surface area is 146 Å². The summed E-state index contributed by atoms with van der Waals surface area (Å²) in [4.78, 5) is 13.6. The van der Waals surface area contributed by atoms with Crippen LogP contribution in [0.3, 0.4) is 0 Å². The highest BCUT2D eigenvalue weighted by Crippen LogP contribution is 2.46. The predicted molar refractivity (Wildman–Crippen MR) is 92.7 cm³/mol. The number of hydrogen-bond donors (Lipinski definition) is 1. The molecule has 6 nitrogen and oxygen atoms in total. The summed E-state index contributed by atoms with van der Waals surface area (Å²) in [5.41, 5.74) is 8.37. The van der Waals surface area contributed by atoms with Gasteiger partial charge in [0.1, 0.15) is 6.10 Å². The average Bonchev–Trinajstić information content (AvgIpc) is 3.05. The molecule has 0 aromatic heterocycles. The minimum atomic E-state index is -0.766. The van der Waals surface area contributed by atoms with E-state index in [4.69, 9.17) is 19.9 Å². The van der Waals surface area contributed by atoms with Crippen molar-refractivity contribution in [2.45, 2.75) is 32.0 Å². The molecule has 6 heteroatoms. The molecule has 2 N–H and O–H groups in total. The van der Waals surface area contributed by atoms with Gasteiger partial charge in [-0.1, -0.05) is 30.3 Å². The molecule has 0 radical (unpaired) electrons. The van der Waals surface area contributed by atoms with E-state index in [-0.39, 0.29) is 18.9 Å². The van der Waals surface area contributed by atoms with E-state index in [1.54, 1.807) is 0 Å². The second-order valence-corrected chi connectivity index (χ2v) is 6.39. The fourth-order valence-corrected chi connectivity index (χ4v) is 3.53. The Kier molecular flexibility index (Phi) is 3.87. The van der Waals surface area contributed by atoms with Crippen LogP contribution in [0, 0.1) is 0 Å². The lowest BCUT2D eigenvalue weighted by Gasteiger charge is -2.40. The van der Waals surface area contributed by atoms with Gasteiger partial charge in [0.05, 0.1) is 0 Å². The molecule has 25 heavy (non-hydrogen) atoms. The van der Waals surface area contributed by atoms with E-state index in [9.17, 15) is 4.79 Å². The first-order valence-corrected chi connectivity index (χ1v) is 8.32. The van der Waals surface area contributed by atoms with Gasteiger partial charge in [0.2, 0.25) is 6.79 Å². The van der Waals surface area contributed by atoms with Gasteiger partial charge in [0, 0.05) is 36.3 Å². The molecule has 2 atom stereocenters. The number of benzene rings is 2. The largest absolute Gasteiger partial charge is 0.454 e. The maximum absolute atomic E-state index is 11.3. The molecule has 0 spiro atoms. The molecule has 0 saturated heterocycles. The number of anilines is 1. The molecule has 2 heterocycles. The molecule has 2 aromatic carbocycles. The Hall–Kier alpha value is -2.89. The Morgan fingerprint density at radius 1 is 1.24 bits per heavy atom. The van der Waals surface area contributed by atoms with Crippen LogP contribution in [-0.2, 0) is 11.3 Å². The van der Waals surface area contributed by atoms with Crippen LogP contribution in [0.5, 0.6) is 11.5 Å². The number of nitrogens with two attached hydrogens (primary N) is 1. The van der Waals surface area contributed by atoms with Crippen LogP contribution in [0.4, 0.5) is 10.5 Å². The normalized spacial score (nSPS) is 20.9. The molecule has 4 rings (SSSR count). The number of carbonyl (C=O) groups excluding carboxylic acids is 1. The molecule has 0 fully saturated rings. The second-order valence-electron chi connectivity index (χ2n) is 6.39. The Morgan fingerprint density at radius 2 is 1.96 bits per heavy atom. The molecule has 2 unspecified atom stereocenters. The number of nitrogens with zero attached hydrogens (tertiary/aromatic N) is 1. The van der Waals surface area contributed by atoms with Gasteiger partial charge >= 0.3 is 6.09 Å². The summed E-state index contributed by atoms with van der Waals surface area (Å²) in [6.07, 6.45) is -0.482. The number of fused-ring (bicyclic) bond motifs is 2. The van der Waals surface area contributed by atoms with E-state index in [0.29, 0.717) is 17.9 Å². The van der Waals surface area contributed by atoms with Gasteiger partial charge in [0.25, 0.3) is 0 Å². The van der Waals surface area contributed by atoms with Crippen LogP contribution < -0.4 is 20.1 Å². The SMILES string of the molecule is CC1CC(OC(N)=O)c2cc3c(cc2N1Cc1ccccc1)OCO3. The summed E-state index contributed by atoms with van der Waals surface area (Å²) in [7, 11) is 0. The minimum absolute atomic E-state index is 0.178. The van der Waals surface area contributed by atoms with E-state index in [2.05, 4.69) is 24.0 Å². The summed E-state index contributed by atoms with van der Waals surface area (Å²) in [5.74, 6) is 1.38. The smallest absolute Gasteiger partial charge is 0.405 e. The van der Waals surface area contributed by atoms with Crippen LogP contribution in [-0.4, -0.2) is 18.9 Å². The lowest BCUT2D eigenvalue weighted by molar-refractivity contribution is 0.0935. The third-order valence-electron chi connectivity index (χ3n) is 4.72. The van der Waals surface area contributed by atoms with Gasteiger partial charge < -0.3 is 24.8 Å². The highest BCUT2D eigenvalue weighted by molar-refractivity contribution is 5.69. The average molecular weight is 340 g/mol. The number of ether oxygens (including phenoxy) is 3. The monoisotopic (exact) mass is 340 g/mol. The van der Waals surface area contributed by atoms with Gasteiger partial charge in [0.15, 0.2) is 11.5 Å². The molecule has 1 amide bonds. The molecule has 2 aromatic rings. The fraction of sp³-hybridized carbons (Fsp3) is 0.316. The summed E-state index contributed by atoms with van der Waals surface area (Å²) in [6.45, 7) is 3.08. The zero-order valence-electron chi connectivity index (χ0n) is 14.0. The first-order chi connectivity index (χ1) is 12.1. The summed E-state index contributed by atoms with van der Waals surface area (Å²) in [6, 6.07) is 14.3. The number of hydrogen-bond acceptors (Lipinski definition) is 5. The lowest BCUT2D eigenvalue weighted by atomic mass is 9.92. The predicted octanol–water partition coefficient (Wildman–Crippen LogP) is 3.35. The third kappa shape index (κ3) is 2.95. The topological polar surface area (TPSA) is 74.0 Å².